The summed E-state index contributed by atoms with van der Waals surface area (Å²) in [5.74, 6) is -0.268. The van der Waals surface area contributed by atoms with Gasteiger partial charge in [0.1, 0.15) is 6.10 Å². The van der Waals surface area contributed by atoms with Gasteiger partial charge in [-0.15, -0.1) is 6.58 Å². The van der Waals surface area contributed by atoms with Crippen LogP contribution in [0, 0.1) is 6.92 Å². The summed E-state index contributed by atoms with van der Waals surface area (Å²) in [6.45, 7) is 9.23. The summed E-state index contributed by atoms with van der Waals surface area (Å²) in [6.07, 6.45) is 3.93. The standard InChI is InChI=1S/C19H26N2O3/c1-4-5-13-24-15(3)18(22)20-17-14(2)9-8-10-16(17)19(23)21-11-6-7-12-21/h4,8-10,15H,1,5-7,11-13H2,2-3H3,(H,20,22). The molecule has 0 aromatic heterocycles. The maximum atomic E-state index is 12.7. The maximum absolute atomic E-state index is 12.7. The third-order valence-electron chi connectivity index (χ3n) is 4.20. The van der Waals surface area contributed by atoms with E-state index in [4.69, 9.17) is 4.74 Å². The quantitative estimate of drug-likeness (QED) is 0.617. The molecule has 2 rings (SSSR count). The molecule has 1 atom stereocenters. The van der Waals surface area contributed by atoms with Crippen LogP contribution in [-0.2, 0) is 9.53 Å². The number of ether oxygens (including phenoxy) is 1. The lowest BCUT2D eigenvalue weighted by atomic mass is 10.1. The van der Waals surface area contributed by atoms with E-state index in [0.29, 0.717) is 24.3 Å². The summed E-state index contributed by atoms with van der Waals surface area (Å²) in [6, 6.07) is 5.50. The molecule has 2 amide bonds. The van der Waals surface area contributed by atoms with Crippen LogP contribution in [0.4, 0.5) is 5.69 Å². The average molecular weight is 330 g/mol. The Labute approximate surface area is 143 Å². The molecule has 1 aliphatic heterocycles. The molecule has 0 bridgehead atoms. The zero-order chi connectivity index (χ0) is 17.5. The molecule has 1 aliphatic rings. The molecule has 0 saturated carbocycles. The lowest BCUT2D eigenvalue weighted by Crippen LogP contribution is -2.32. The van der Waals surface area contributed by atoms with E-state index in [1.807, 2.05) is 24.0 Å². The molecule has 1 saturated heterocycles. The minimum absolute atomic E-state index is 0.0215. The fraction of sp³-hybridized carbons (Fsp3) is 0.474. The summed E-state index contributed by atoms with van der Waals surface area (Å²) in [7, 11) is 0. The van der Waals surface area contributed by atoms with E-state index in [2.05, 4.69) is 11.9 Å². The van der Waals surface area contributed by atoms with Crippen molar-refractivity contribution in [3.8, 4) is 0 Å². The highest BCUT2D eigenvalue weighted by molar-refractivity contribution is 6.05. The molecule has 1 unspecified atom stereocenters. The minimum Gasteiger partial charge on any atom is -0.368 e. The van der Waals surface area contributed by atoms with Gasteiger partial charge >= 0.3 is 0 Å². The van der Waals surface area contributed by atoms with Gasteiger partial charge in [0.2, 0.25) is 0 Å². The summed E-state index contributed by atoms with van der Waals surface area (Å²) in [5.41, 5.74) is 1.99. The van der Waals surface area contributed by atoms with Crippen molar-refractivity contribution in [3.63, 3.8) is 0 Å². The van der Waals surface area contributed by atoms with Gasteiger partial charge in [-0.2, -0.15) is 0 Å². The first kappa shape index (κ1) is 18.2. The zero-order valence-electron chi connectivity index (χ0n) is 14.5. The van der Waals surface area contributed by atoms with Crippen LogP contribution in [0.15, 0.2) is 30.9 Å². The van der Waals surface area contributed by atoms with E-state index >= 15 is 0 Å². The van der Waals surface area contributed by atoms with Crippen LogP contribution < -0.4 is 5.32 Å². The zero-order valence-corrected chi connectivity index (χ0v) is 14.5. The molecule has 5 heteroatoms. The van der Waals surface area contributed by atoms with Crippen LogP contribution in [0.5, 0.6) is 0 Å². The van der Waals surface area contributed by atoms with Gasteiger partial charge in [-0.25, -0.2) is 0 Å². The van der Waals surface area contributed by atoms with E-state index in [1.165, 1.54) is 0 Å². The first-order valence-corrected chi connectivity index (χ1v) is 8.47. The highest BCUT2D eigenvalue weighted by Gasteiger charge is 2.24. The summed E-state index contributed by atoms with van der Waals surface area (Å²) < 4.78 is 5.48. The van der Waals surface area contributed by atoms with Gasteiger partial charge in [-0.3, -0.25) is 9.59 Å². The van der Waals surface area contributed by atoms with Gasteiger partial charge in [-0.05, 0) is 44.7 Å². The van der Waals surface area contributed by atoms with Crippen LogP contribution in [0.2, 0.25) is 0 Å². The number of nitrogens with zero attached hydrogens (tertiary/aromatic N) is 1. The number of benzene rings is 1. The third-order valence-corrected chi connectivity index (χ3v) is 4.20. The molecule has 1 aromatic rings. The number of rotatable bonds is 7. The number of aryl methyl sites for hydroxylation is 1. The Kier molecular flexibility index (Phi) is 6.55. The van der Waals surface area contributed by atoms with Gasteiger partial charge in [0, 0.05) is 13.1 Å². The Morgan fingerprint density at radius 1 is 1.38 bits per heavy atom. The topological polar surface area (TPSA) is 58.6 Å². The largest absolute Gasteiger partial charge is 0.368 e. The molecule has 1 aromatic carbocycles. The molecule has 0 spiro atoms. The summed E-state index contributed by atoms with van der Waals surface area (Å²) in [5, 5.41) is 2.87. The van der Waals surface area contributed by atoms with Crippen LogP contribution in [-0.4, -0.2) is 42.5 Å². The Morgan fingerprint density at radius 2 is 2.08 bits per heavy atom. The fourth-order valence-corrected chi connectivity index (χ4v) is 2.73. The van der Waals surface area contributed by atoms with Crippen LogP contribution in [0.3, 0.4) is 0 Å². The Bertz CT molecular complexity index is 607. The predicted octanol–water partition coefficient (Wildman–Crippen LogP) is 3.15. The summed E-state index contributed by atoms with van der Waals surface area (Å²) in [4.78, 5) is 26.9. The van der Waals surface area contributed by atoms with E-state index in [1.54, 1.807) is 19.1 Å². The van der Waals surface area contributed by atoms with Crippen molar-refractivity contribution in [2.24, 2.45) is 0 Å². The van der Waals surface area contributed by atoms with E-state index in [0.717, 1.165) is 31.5 Å². The van der Waals surface area contributed by atoms with Crippen LogP contribution in [0.25, 0.3) is 0 Å². The Balaban J connectivity index is 2.12. The smallest absolute Gasteiger partial charge is 0.255 e. The molecule has 130 valence electrons. The number of nitrogens with one attached hydrogen (secondary N) is 1. The second kappa shape index (κ2) is 8.64. The number of amides is 2. The van der Waals surface area contributed by atoms with E-state index < -0.39 is 6.10 Å². The molecule has 0 radical (unpaired) electrons. The number of para-hydroxylation sites is 1. The Hall–Kier alpha value is -2.14. The van der Waals surface area contributed by atoms with Crippen molar-refractivity contribution < 1.29 is 14.3 Å². The first-order valence-electron chi connectivity index (χ1n) is 8.47. The number of hydrogen-bond donors (Lipinski definition) is 1. The van der Waals surface area contributed by atoms with Crippen molar-refractivity contribution in [3.05, 3.63) is 42.0 Å². The van der Waals surface area contributed by atoms with Crippen LogP contribution >= 0.6 is 0 Å². The molecule has 1 fully saturated rings. The van der Waals surface area contributed by atoms with E-state index in [9.17, 15) is 9.59 Å². The van der Waals surface area contributed by atoms with Gasteiger partial charge in [0.15, 0.2) is 0 Å². The molecule has 24 heavy (non-hydrogen) atoms. The van der Waals surface area contributed by atoms with Crippen molar-refractivity contribution in [1.82, 2.24) is 4.90 Å². The second-order valence-corrected chi connectivity index (χ2v) is 6.08. The average Bonchev–Trinajstić information content (AvgIpc) is 3.10. The highest BCUT2D eigenvalue weighted by Crippen LogP contribution is 2.24. The summed E-state index contributed by atoms with van der Waals surface area (Å²) >= 11 is 0. The number of hydrogen-bond acceptors (Lipinski definition) is 3. The number of anilines is 1. The highest BCUT2D eigenvalue weighted by atomic mass is 16.5. The molecular weight excluding hydrogens is 304 g/mol. The van der Waals surface area contributed by atoms with Gasteiger partial charge in [0.05, 0.1) is 17.9 Å². The van der Waals surface area contributed by atoms with Crippen molar-refractivity contribution in [2.75, 3.05) is 25.0 Å². The lowest BCUT2D eigenvalue weighted by molar-refractivity contribution is -0.126. The first-order chi connectivity index (χ1) is 11.5. The van der Waals surface area contributed by atoms with Crippen molar-refractivity contribution in [2.45, 2.75) is 39.2 Å². The molecular formula is C19H26N2O3. The van der Waals surface area contributed by atoms with E-state index in [-0.39, 0.29) is 11.8 Å². The minimum atomic E-state index is -0.584. The fourth-order valence-electron chi connectivity index (χ4n) is 2.73. The monoisotopic (exact) mass is 330 g/mol. The predicted molar refractivity (Wildman–Crippen MR) is 95.2 cm³/mol. The maximum Gasteiger partial charge on any atom is 0.255 e. The van der Waals surface area contributed by atoms with Gasteiger partial charge < -0.3 is 15.0 Å². The second-order valence-electron chi connectivity index (χ2n) is 6.08. The Morgan fingerprint density at radius 3 is 2.75 bits per heavy atom. The molecule has 0 aliphatic carbocycles. The molecule has 5 nitrogen and oxygen atoms in total. The van der Waals surface area contributed by atoms with Crippen LogP contribution in [0.1, 0.15) is 42.1 Å². The van der Waals surface area contributed by atoms with Gasteiger partial charge in [0.25, 0.3) is 11.8 Å². The lowest BCUT2D eigenvalue weighted by Gasteiger charge is -2.20. The third kappa shape index (κ3) is 4.45. The van der Waals surface area contributed by atoms with Crippen molar-refractivity contribution in [1.29, 1.82) is 0 Å². The van der Waals surface area contributed by atoms with Crippen molar-refractivity contribution >= 4 is 17.5 Å². The molecule has 1 heterocycles. The normalized spacial score (nSPS) is 15.2. The van der Waals surface area contributed by atoms with Gasteiger partial charge in [-0.1, -0.05) is 18.2 Å². The molecule has 1 N–H and O–H groups in total. The number of carbonyl (C=O) groups is 2. The SMILES string of the molecule is C=CCCOC(C)C(=O)Nc1c(C)cccc1C(=O)N1CCCC1. The number of likely N-dealkylation sites (tertiary alicyclic amines) is 1. The number of carbonyl (C=O) groups excluding carboxylic acids is 2.